The van der Waals surface area contributed by atoms with E-state index in [1.165, 1.54) is 18.4 Å². The lowest BCUT2D eigenvalue weighted by molar-refractivity contribution is -0.123. The molecule has 182 valence electrons. The molecule has 2 heterocycles. The van der Waals surface area contributed by atoms with E-state index in [4.69, 9.17) is 9.15 Å². The molecule has 1 aliphatic heterocycles. The first-order valence-electron chi connectivity index (χ1n) is 11.7. The minimum atomic E-state index is -0.456. The Morgan fingerprint density at radius 1 is 1.00 bits per heavy atom. The van der Waals surface area contributed by atoms with Gasteiger partial charge in [-0.2, -0.15) is 0 Å². The molecule has 0 aliphatic carbocycles. The molecule has 0 radical (unpaired) electrons. The number of nitrogens with zero attached hydrogens (tertiary/aromatic N) is 1. The zero-order chi connectivity index (χ0) is 24.9. The molecule has 1 unspecified atom stereocenters. The van der Waals surface area contributed by atoms with Gasteiger partial charge in [-0.3, -0.25) is 9.59 Å². The van der Waals surface area contributed by atoms with Gasteiger partial charge < -0.3 is 19.4 Å². The van der Waals surface area contributed by atoms with Crippen LogP contribution in [0.25, 0.3) is 0 Å². The predicted octanol–water partition coefficient (Wildman–Crippen LogP) is 4.90. The summed E-state index contributed by atoms with van der Waals surface area (Å²) in [6.07, 6.45) is 2.12. The minimum absolute atomic E-state index is 0.137. The van der Waals surface area contributed by atoms with Gasteiger partial charge in [0.25, 0.3) is 11.8 Å². The third-order valence-corrected chi connectivity index (χ3v) is 6.23. The van der Waals surface area contributed by atoms with Crippen LogP contribution in [0.5, 0.6) is 5.75 Å². The second kappa shape index (κ2) is 10.5. The average Bonchev–Trinajstić information content (AvgIpc) is 3.46. The molecule has 2 amide bonds. The van der Waals surface area contributed by atoms with Crippen LogP contribution in [-0.4, -0.2) is 29.9 Å². The van der Waals surface area contributed by atoms with Crippen LogP contribution in [0.15, 0.2) is 95.6 Å². The zero-order valence-corrected chi connectivity index (χ0v) is 19.5. The van der Waals surface area contributed by atoms with Crippen LogP contribution < -0.4 is 10.1 Å². The van der Waals surface area contributed by atoms with Gasteiger partial charge in [-0.1, -0.05) is 48.5 Å². The van der Waals surface area contributed by atoms with Gasteiger partial charge in [0.2, 0.25) is 0 Å². The molecular formula is C29H25FN2O4. The van der Waals surface area contributed by atoms with Crippen LogP contribution in [0.4, 0.5) is 4.39 Å². The van der Waals surface area contributed by atoms with Gasteiger partial charge >= 0.3 is 0 Å². The van der Waals surface area contributed by atoms with Crippen molar-refractivity contribution in [2.75, 3.05) is 13.2 Å². The molecule has 5 rings (SSSR count). The Morgan fingerprint density at radius 2 is 1.81 bits per heavy atom. The summed E-state index contributed by atoms with van der Waals surface area (Å²) in [6.45, 7) is 0.766. The van der Waals surface area contributed by atoms with Crippen LogP contribution in [0.2, 0.25) is 0 Å². The van der Waals surface area contributed by atoms with Crippen molar-refractivity contribution in [3.63, 3.8) is 0 Å². The Morgan fingerprint density at radius 3 is 2.56 bits per heavy atom. The van der Waals surface area contributed by atoms with Crippen LogP contribution >= 0.6 is 0 Å². The molecule has 1 aromatic heterocycles. The number of nitrogens with one attached hydrogen (secondary N) is 1. The highest BCUT2D eigenvalue weighted by Gasteiger charge is 2.34. The second-order valence-electron chi connectivity index (χ2n) is 8.59. The van der Waals surface area contributed by atoms with E-state index in [0.717, 1.165) is 22.3 Å². The molecule has 1 aliphatic rings. The van der Waals surface area contributed by atoms with Gasteiger partial charge in [0, 0.05) is 13.1 Å². The third-order valence-electron chi connectivity index (χ3n) is 6.23. The summed E-state index contributed by atoms with van der Waals surface area (Å²) in [5, 5.41) is 2.85. The first-order valence-corrected chi connectivity index (χ1v) is 11.7. The summed E-state index contributed by atoms with van der Waals surface area (Å²) in [7, 11) is 0. The molecule has 0 fully saturated rings. The van der Waals surface area contributed by atoms with Crippen molar-refractivity contribution < 1.29 is 23.1 Å². The van der Waals surface area contributed by atoms with E-state index in [1.54, 1.807) is 29.2 Å². The van der Waals surface area contributed by atoms with E-state index < -0.39 is 6.04 Å². The maximum absolute atomic E-state index is 13.7. The number of hydrogen-bond donors (Lipinski definition) is 1. The van der Waals surface area contributed by atoms with Crippen molar-refractivity contribution in [3.8, 4) is 5.75 Å². The Kier molecular flexibility index (Phi) is 6.80. The molecule has 0 saturated heterocycles. The molecule has 4 aromatic rings. The fourth-order valence-electron chi connectivity index (χ4n) is 4.44. The van der Waals surface area contributed by atoms with E-state index in [9.17, 15) is 14.0 Å². The first-order chi connectivity index (χ1) is 17.6. The van der Waals surface area contributed by atoms with Crippen molar-refractivity contribution in [2.45, 2.75) is 19.0 Å². The second-order valence-corrected chi connectivity index (χ2v) is 8.59. The number of ether oxygens (including phenoxy) is 1. The monoisotopic (exact) mass is 484 g/mol. The van der Waals surface area contributed by atoms with Gasteiger partial charge in [-0.05, 0) is 65.1 Å². The largest absolute Gasteiger partial charge is 0.484 e. The molecule has 7 heteroatoms. The Bertz CT molecular complexity index is 1340. The average molecular weight is 485 g/mol. The lowest BCUT2D eigenvalue weighted by Gasteiger charge is -2.37. The first kappa shape index (κ1) is 23.4. The summed E-state index contributed by atoms with van der Waals surface area (Å²) in [6, 6.07) is 24.3. The van der Waals surface area contributed by atoms with E-state index in [1.807, 2.05) is 48.5 Å². The van der Waals surface area contributed by atoms with Crippen LogP contribution in [0, 0.1) is 5.82 Å². The van der Waals surface area contributed by atoms with E-state index in [2.05, 4.69) is 5.32 Å². The summed E-state index contributed by atoms with van der Waals surface area (Å²) in [4.78, 5) is 27.3. The standard InChI is InChI=1S/C29H25FN2O4/c30-23-11-8-22(9-12-23)28-25-17-24(36-19-27(33)31-18-20-5-2-1-3-6-20)13-10-21(25)14-15-32(28)29(34)26-7-4-16-35-26/h1-13,16-17,28H,14-15,18-19H2,(H,31,33). The number of amides is 2. The lowest BCUT2D eigenvalue weighted by atomic mass is 9.87. The topological polar surface area (TPSA) is 71.8 Å². The molecule has 1 atom stereocenters. The van der Waals surface area contributed by atoms with Gasteiger partial charge in [0.1, 0.15) is 11.6 Å². The number of hydrogen-bond acceptors (Lipinski definition) is 4. The fraction of sp³-hybridized carbons (Fsp3) is 0.172. The van der Waals surface area contributed by atoms with Gasteiger partial charge in [0.05, 0.1) is 12.3 Å². The fourth-order valence-corrected chi connectivity index (χ4v) is 4.44. The Labute approximate surface area is 208 Å². The number of benzene rings is 3. The summed E-state index contributed by atoms with van der Waals surface area (Å²) < 4.78 is 24.8. The smallest absolute Gasteiger partial charge is 0.290 e. The molecule has 0 bridgehead atoms. The van der Waals surface area contributed by atoms with E-state index in [0.29, 0.717) is 25.3 Å². The quantitative estimate of drug-likeness (QED) is 0.405. The van der Waals surface area contributed by atoms with Gasteiger partial charge in [-0.25, -0.2) is 4.39 Å². The maximum atomic E-state index is 13.7. The number of rotatable bonds is 7. The van der Waals surface area contributed by atoms with Crippen molar-refractivity contribution in [3.05, 3.63) is 125 Å². The lowest BCUT2D eigenvalue weighted by Crippen LogP contribution is -2.40. The van der Waals surface area contributed by atoms with Crippen molar-refractivity contribution >= 4 is 11.8 Å². The molecule has 1 N–H and O–H groups in total. The molecule has 3 aromatic carbocycles. The Balaban J connectivity index is 1.37. The number of carbonyl (C=O) groups excluding carboxylic acids is 2. The van der Waals surface area contributed by atoms with Gasteiger partial charge in [0.15, 0.2) is 12.4 Å². The zero-order valence-electron chi connectivity index (χ0n) is 19.5. The third kappa shape index (κ3) is 5.15. The van der Waals surface area contributed by atoms with E-state index in [-0.39, 0.29) is 30.0 Å². The number of halogens is 1. The SMILES string of the molecule is O=C(COc1ccc2c(c1)C(c1ccc(F)cc1)N(C(=O)c1ccco1)CC2)NCc1ccccc1. The highest BCUT2D eigenvalue weighted by Crippen LogP contribution is 2.38. The summed E-state index contributed by atoms with van der Waals surface area (Å²) >= 11 is 0. The maximum Gasteiger partial charge on any atom is 0.290 e. The highest BCUT2D eigenvalue weighted by atomic mass is 19.1. The van der Waals surface area contributed by atoms with Crippen LogP contribution in [0.1, 0.15) is 38.9 Å². The number of fused-ring (bicyclic) bond motifs is 1. The highest BCUT2D eigenvalue weighted by molar-refractivity contribution is 5.92. The molecule has 36 heavy (non-hydrogen) atoms. The van der Waals surface area contributed by atoms with Crippen LogP contribution in [-0.2, 0) is 17.8 Å². The molecule has 0 saturated carbocycles. The van der Waals surface area contributed by atoms with Gasteiger partial charge in [-0.15, -0.1) is 0 Å². The molecule has 6 nitrogen and oxygen atoms in total. The summed E-state index contributed by atoms with van der Waals surface area (Å²) in [5.74, 6) is -0.0683. The minimum Gasteiger partial charge on any atom is -0.484 e. The van der Waals surface area contributed by atoms with E-state index >= 15 is 0 Å². The van der Waals surface area contributed by atoms with Crippen molar-refractivity contribution in [2.24, 2.45) is 0 Å². The normalized spacial score (nSPS) is 14.7. The summed E-state index contributed by atoms with van der Waals surface area (Å²) in [5.41, 5.74) is 3.71. The molecular weight excluding hydrogens is 459 g/mol. The van der Waals surface area contributed by atoms with Crippen LogP contribution in [0.3, 0.4) is 0 Å². The number of carbonyl (C=O) groups is 2. The molecule has 0 spiro atoms. The van der Waals surface area contributed by atoms with Crippen molar-refractivity contribution in [1.29, 1.82) is 0 Å². The Hall–Kier alpha value is -4.39. The van der Waals surface area contributed by atoms with Crippen molar-refractivity contribution in [1.82, 2.24) is 10.2 Å². The number of furan rings is 1. The predicted molar refractivity (Wildman–Crippen MR) is 132 cm³/mol.